The third kappa shape index (κ3) is 5.26. The Hall–Kier alpha value is -1.45. The molecule has 0 fully saturated rings. The van der Waals surface area contributed by atoms with Crippen molar-refractivity contribution in [2.24, 2.45) is 0 Å². The molecule has 0 atom stereocenters. The Morgan fingerprint density at radius 2 is 2.00 bits per heavy atom. The molecular formula is C16H16Br2N2O4S. The van der Waals surface area contributed by atoms with Crippen LogP contribution in [0.2, 0.25) is 0 Å². The van der Waals surface area contributed by atoms with Crippen molar-refractivity contribution in [2.75, 3.05) is 18.5 Å². The molecule has 2 aromatic rings. The first-order valence-electron chi connectivity index (χ1n) is 7.34. The second kappa shape index (κ2) is 8.77. The fourth-order valence-electron chi connectivity index (χ4n) is 2.00. The molecule has 1 N–H and O–H groups in total. The number of hydrogen-bond donors (Lipinski definition) is 1. The summed E-state index contributed by atoms with van der Waals surface area (Å²) in [6, 6.07) is 3.74. The summed E-state index contributed by atoms with van der Waals surface area (Å²) in [7, 11) is 0. The maximum absolute atomic E-state index is 12.1. The highest BCUT2D eigenvalue weighted by molar-refractivity contribution is 9.11. The maximum Gasteiger partial charge on any atom is 0.350 e. The normalized spacial score (nSPS) is 10.4. The number of nitrogens with one attached hydrogen (secondary N) is 1. The van der Waals surface area contributed by atoms with Crippen molar-refractivity contribution in [3.63, 3.8) is 0 Å². The monoisotopic (exact) mass is 490 g/mol. The number of aromatic nitrogens is 1. The maximum atomic E-state index is 12.1. The van der Waals surface area contributed by atoms with Gasteiger partial charge in [0.25, 0.3) is 5.91 Å². The predicted octanol–water partition coefficient (Wildman–Crippen LogP) is 4.48. The van der Waals surface area contributed by atoms with E-state index >= 15 is 0 Å². The highest BCUT2D eigenvalue weighted by Gasteiger charge is 2.18. The van der Waals surface area contributed by atoms with Gasteiger partial charge in [-0.25, -0.2) is 9.78 Å². The number of amides is 1. The van der Waals surface area contributed by atoms with E-state index in [-0.39, 0.29) is 19.1 Å². The van der Waals surface area contributed by atoms with Gasteiger partial charge in [-0.3, -0.25) is 10.1 Å². The van der Waals surface area contributed by atoms with Crippen LogP contribution in [0.4, 0.5) is 5.13 Å². The molecule has 0 spiro atoms. The average Bonchev–Trinajstić information content (AvgIpc) is 2.86. The molecule has 1 amide bonds. The van der Waals surface area contributed by atoms with Gasteiger partial charge in [0.15, 0.2) is 11.7 Å². The van der Waals surface area contributed by atoms with Crippen LogP contribution in [-0.2, 0) is 9.53 Å². The summed E-state index contributed by atoms with van der Waals surface area (Å²) < 4.78 is 12.2. The topological polar surface area (TPSA) is 77.5 Å². The number of benzene rings is 1. The summed E-state index contributed by atoms with van der Waals surface area (Å²) in [4.78, 5) is 28.4. The fraction of sp³-hybridized carbons (Fsp3) is 0.312. The standard InChI is InChI=1S/C16H16Br2N2O4S/c1-4-23-15(22)14-9(3)19-16(25-14)20-12(21)7-24-13-8(2)5-10(17)6-11(13)18/h5-6H,4,7H2,1-3H3,(H,19,20,21). The summed E-state index contributed by atoms with van der Waals surface area (Å²) in [6.45, 7) is 5.42. The lowest BCUT2D eigenvalue weighted by Gasteiger charge is -2.11. The molecule has 0 unspecified atom stereocenters. The van der Waals surface area contributed by atoms with Crippen LogP contribution in [0.3, 0.4) is 0 Å². The van der Waals surface area contributed by atoms with Crippen LogP contribution < -0.4 is 10.1 Å². The minimum atomic E-state index is -0.441. The van der Waals surface area contributed by atoms with Crippen LogP contribution in [0.1, 0.15) is 27.9 Å². The molecule has 1 heterocycles. The number of thiazole rings is 1. The Morgan fingerprint density at radius 3 is 2.64 bits per heavy atom. The highest BCUT2D eigenvalue weighted by atomic mass is 79.9. The predicted molar refractivity (Wildman–Crippen MR) is 104 cm³/mol. The zero-order valence-corrected chi connectivity index (χ0v) is 17.8. The van der Waals surface area contributed by atoms with Crippen LogP contribution in [-0.4, -0.2) is 30.1 Å². The third-order valence-electron chi connectivity index (χ3n) is 3.05. The van der Waals surface area contributed by atoms with Crippen LogP contribution in [0, 0.1) is 13.8 Å². The molecule has 134 valence electrons. The number of carbonyl (C=O) groups is 2. The van der Waals surface area contributed by atoms with E-state index in [0.29, 0.717) is 21.5 Å². The van der Waals surface area contributed by atoms with E-state index in [0.717, 1.165) is 25.8 Å². The first-order valence-corrected chi connectivity index (χ1v) is 9.75. The largest absolute Gasteiger partial charge is 0.482 e. The van der Waals surface area contributed by atoms with Crippen LogP contribution >= 0.6 is 43.2 Å². The summed E-state index contributed by atoms with van der Waals surface area (Å²) in [5.74, 6) is -0.206. The number of esters is 1. The van der Waals surface area contributed by atoms with E-state index in [9.17, 15) is 9.59 Å². The quantitative estimate of drug-likeness (QED) is 0.603. The Balaban J connectivity index is 1.99. The van der Waals surface area contributed by atoms with Gasteiger partial charge in [-0.2, -0.15) is 0 Å². The SMILES string of the molecule is CCOC(=O)c1sc(NC(=O)COc2c(C)cc(Br)cc2Br)nc1C. The smallest absolute Gasteiger partial charge is 0.350 e. The molecule has 0 aliphatic rings. The van der Waals surface area contributed by atoms with Gasteiger partial charge >= 0.3 is 5.97 Å². The molecule has 0 saturated heterocycles. The van der Waals surface area contributed by atoms with E-state index in [1.54, 1.807) is 13.8 Å². The number of aryl methyl sites for hydroxylation is 2. The van der Waals surface area contributed by atoms with Gasteiger partial charge in [-0.15, -0.1) is 0 Å². The van der Waals surface area contributed by atoms with E-state index in [1.165, 1.54) is 0 Å². The summed E-state index contributed by atoms with van der Waals surface area (Å²) in [5, 5.41) is 2.97. The minimum Gasteiger partial charge on any atom is -0.482 e. The minimum absolute atomic E-state index is 0.172. The molecule has 0 bridgehead atoms. The molecule has 0 saturated carbocycles. The van der Waals surface area contributed by atoms with Crippen molar-refractivity contribution < 1.29 is 19.1 Å². The van der Waals surface area contributed by atoms with Gasteiger partial charge in [-0.1, -0.05) is 27.3 Å². The van der Waals surface area contributed by atoms with Crippen LogP contribution in [0.15, 0.2) is 21.1 Å². The Labute approximate surface area is 166 Å². The lowest BCUT2D eigenvalue weighted by Crippen LogP contribution is -2.20. The van der Waals surface area contributed by atoms with Crippen molar-refractivity contribution >= 4 is 60.2 Å². The fourth-order valence-corrected chi connectivity index (χ4v) is 4.43. The summed E-state index contributed by atoms with van der Waals surface area (Å²) in [5.41, 5.74) is 1.41. The second-order valence-corrected chi connectivity index (χ2v) is 7.79. The van der Waals surface area contributed by atoms with Crippen molar-refractivity contribution in [2.45, 2.75) is 20.8 Å². The van der Waals surface area contributed by atoms with Gasteiger partial charge in [0.2, 0.25) is 0 Å². The highest BCUT2D eigenvalue weighted by Crippen LogP contribution is 2.32. The average molecular weight is 492 g/mol. The van der Waals surface area contributed by atoms with E-state index in [2.05, 4.69) is 42.2 Å². The molecule has 0 aliphatic heterocycles. The van der Waals surface area contributed by atoms with Gasteiger partial charge in [0.1, 0.15) is 10.6 Å². The Morgan fingerprint density at radius 1 is 1.28 bits per heavy atom. The number of anilines is 1. The number of rotatable bonds is 6. The number of ether oxygens (including phenoxy) is 2. The van der Waals surface area contributed by atoms with Gasteiger partial charge in [0, 0.05) is 4.47 Å². The number of hydrogen-bond acceptors (Lipinski definition) is 6. The molecule has 2 rings (SSSR count). The Kier molecular flexibility index (Phi) is 6.97. The van der Waals surface area contributed by atoms with Crippen LogP contribution in [0.5, 0.6) is 5.75 Å². The molecule has 1 aromatic carbocycles. The number of carbonyl (C=O) groups excluding carboxylic acids is 2. The molecule has 0 aliphatic carbocycles. The van der Waals surface area contributed by atoms with E-state index < -0.39 is 5.97 Å². The number of nitrogens with zero attached hydrogens (tertiary/aromatic N) is 1. The second-order valence-electron chi connectivity index (χ2n) is 5.02. The van der Waals surface area contributed by atoms with Crippen molar-refractivity contribution in [1.29, 1.82) is 0 Å². The van der Waals surface area contributed by atoms with Gasteiger partial charge in [0.05, 0.1) is 16.8 Å². The zero-order chi connectivity index (χ0) is 18.6. The van der Waals surface area contributed by atoms with Crippen molar-refractivity contribution in [3.05, 3.63) is 37.2 Å². The lowest BCUT2D eigenvalue weighted by atomic mass is 10.2. The summed E-state index contributed by atoms with van der Waals surface area (Å²) in [6.07, 6.45) is 0. The first-order chi connectivity index (χ1) is 11.8. The molecule has 6 nitrogen and oxygen atoms in total. The van der Waals surface area contributed by atoms with Gasteiger partial charge < -0.3 is 9.47 Å². The molecule has 1 aromatic heterocycles. The molecule has 0 radical (unpaired) electrons. The van der Waals surface area contributed by atoms with Crippen LogP contribution in [0.25, 0.3) is 0 Å². The number of halogens is 2. The molecule has 25 heavy (non-hydrogen) atoms. The van der Waals surface area contributed by atoms with E-state index in [4.69, 9.17) is 9.47 Å². The third-order valence-corrected chi connectivity index (χ3v) is 5.15. The van der Waals surface area contributed by atoms with Crippen molar-refractivity contribution in [1.82, 2.24) is 4.98 Å². The first kappa shape index (κ1) is 19.9. The Bertz CT molecular complexity index is 784. The zero-order valence-electron chi connectivity index (χ0n) is 13.8. The molecule has 9 heteroatoms. The molecular weight excluding hydrogens is 476 g/mol. The van der Waals surface area contributed by atoms with E-state index in [1.807, 2.05) is 19.1 Å². The van der Waals surface area contributed by atoms with Gasteiger partial charge in [-0.05, 0) is 54.4 Å². The summed E-state index contributed by atoms with van der Waals surface area (Å²) >= 11 is 7.88. The van der Waals surface area contributed by atoms with Crippen molar-refractivity contribution in [3.8, 4) is 5.75 Å². The lowest BCUT2D eigenvalue weighted by molar-refractivity contribution is -0.118.